The summed E-state index contributed by atoms with van der Waals surface area (Å²) in [6.07, 6.45) is 4.03. The monoisotopic (exact) mass is 281 g/mol. The van der Waals surface area contributed by atoms with Crippen LogP contribution in [0.1, 0.15) is 42.9 Å². The molecule has 1 aliphatic rings. The highest BCUT2D eigenvalue weighted by Gasteiger charge is 2.24. The van der Waals surface area contributed by atoms with Crippen LogP contribution in [0.3, 0.4) is 0 Å². The smallest absolute Gasteiger partial charge is 0.308 e. The van der Waals surface area contributed by atoms with Gasteiger partial charge < -0.3 is 10.4 Å². The van der Waals surface area contributed by atoms with E-state index in [0.717, 1.165) is 23.3 Å². The minimum absolute atomic E-state index is 0.141. The molecule has 0 saturated heterocycles. The fourth-order valence-electron chi connectivity index (χ4n) is 2.96. The highest BCUT2D eigenvalue weighted by molar-refractivity contribution is 7.12. The first kappa shape index (κ1) is 14.5. The number of carboxylic acids is 1. The molecule has 2 N–H and O–H groups in total. The summed E-state index contributed by atoms with van der Waals surface area (Å²) in [6.45, 7) is 5.54. The molecule has 1 heterocycles. The first-order valence-corrected chi connectivity index (χ1v) is 7.89. The number of nitrogens with one attached hydrogen (secondary N) is 1. The van der Waals surface area contributed by atoms with Crippen molar-refractivity contribution < 1.29 is 9.90 Å². The Labute approximate surface area is 119 Å². The van der Waals surface area contributed by atoms with E-state index in [2.05, 4.69) is 19.2 Å². The number of rotatable bonds is 5. The van der Waals surface area contributed by atoms with Crippen LogP contribution in [-0.4, -0.2) is 17.1 Å². The zero-order chi connectivity index (χ0) is 13.8. The molecule has 4 heteroatoms. The third-order valence-electron chi connectivity index (χ3n) is 4.01. The number of thiophene rings is 1. The molecule has 1 aromatic heterocycles. The maximum atomic E-state index is 10.6. The number of carboxylic acid groups (broad SMARTS) is 1. The largest absolute Gasteiger partial charge is 0.481 e. The summed E-state index contributed by atoms with van der Waals surface area (Å²) < 4.78 is 0. The second kappa shape index (κ2) is 6.53. The summed E-state index contributed by atoms with van der Waals surface area (Å²) in [6, 6.07) is 4.59. The molecule has 0 radical (unpaired) electrons. The molecule has 1 saturated carbocycles. The molecule has 19 heavy (non-hydrogen) atoms. The van der Waals surface area contributed by atoms with Crippen LogP contribution >= 0.6 is 11.3 Å². The molecule has 1 aliphatic carbocycles. The van der Waals surface area contributed by atoms with Crippen LogP contribution in [0.2, 0.25) is 0 Å². The van der Waals surface area contributed by atoms with Crippen molar-refractivity contribution in [2.45, 2.75) is 52.1 Å². The van der Waals surface area contributed by atoms with Gasteiger partial charge in [0.1, 0.15) is 0 Å². The van der Waals surface area contributed by atoms with Gasteiger partial charge in [-0.2, -0.15) is 0 Å². The fourth-order valence-corrected chi connectivity index (χ4v) is 3.92. The Balaban J connectivity index is 1.81. The molecule has 3 atom stereocenters. The van der Waals surface area contributed by atoms with E-state index < -0.39 is 5.97 Å². The molecular weight excluding hydrogens is 258 g/mol. The van der Waals surface area contributed by atoms with Crippen molar-refractivity contribution in [2.75, 3.05) is 0 Å². The molecular formula is C15H23NO2S. The highest BCUT2D eigenvalue weighted by Crippen LogP contribution is 2.29. The van der Waals surface area contributed by atoms with Crippen molar-refractivity contribution in [3.8, 4) is 0 Å². The van der Waals surface area contributed by atoms with Gasteiger partial charge in [0.05, 0.1) is 6.42 Å². The summed E-state index contributed by atoms with van der Waals surface area (Å²) >= 11 is 1.61. The third kappa shape index (κ3) is 4.32. The van der Waals surface area contributed by atoms with E-state index in [9.17, 15) is 4.79 Å². The topological polar surface area (TPSA) is 49.3 Å². The lowest BCUT2D eigenvalue weighted by atomic mass is 9.80. The number of hydrogen-bond donors (Lipinski definition) is 2. The Kier molecular flexibility index (Phi) is 4.99. The van der Waals surface area contributed by atoms with Gasteiger partial charge in [-0.25, -0.2) is 0 Å². The van der Waals surface area contributed by atoms with E-state index in [-0.39, 0.29) is 6.42 Å². The van der Waals surface area contributed by atoms with Gasteiger partial charge in [0.25, 0.3) is 0 Å². The van der Waals surface area contributed by atoms with E-state index in [4.69, 9.17) is 5.11 Å². The van der Waals surface area contributed by atoms with E-state index >= 15 is 0 Å². The zero-order valence-corrected chi connectivity index (χ0v) is 12.5. The average molecular weight is 281 g/mol. The maximum absolute atomic E-state index is 10.6. The summed E-state index contributed by atoms with van der Waals surface area (Å²) in [5.41, 5.74) is 0. The van der Waals surface area contributed by atoms with Crippen LogP contribution in [-0.2, 0) is 17.8 Å². The molecule has 1 aromatic rings. The van der Waals surface area contributed by atoms with Gasteiger partial charge in [0.15, 0.2) is 0 Å². The average Bonchev–Trinajstić information content (AvgIpc) is 2.74. The fraction of sp³-hybridized carbons (Fsp3) is 0.667. The lowest BCUT2D eigenvalue weighted by Gasteiger charge is -2.33. The van der Waals surface area contributed by atoms with Gasteiger partial charge in [-0.3, -0.25) is 4.79 Å². The number of aliphatic carboxylic acids is 1. The van der Waals surface area contributed by atoms with Crippen molar-refractivity contribution >= 4 is 17.3 Å². The van der Waals surface area contributed by atoms with Gasteiger partial charge >= 0.3 is 5.97 Å². The minimum atomic E-state index is -0.753. The molecule has 0 bridgehead atoms. The normalized spacial score (nSPS) is 27.4. The Hall–Kier alpha value is -0.870. The Bertz CT molecular complexity index is 430. The zero-order valence-electron chi connectivity index (χ0n) is 11.7. The van der Waals surface area contributed by atoms with Crippen molar-refractivity contribution in [1.82, 2.24) is 5.32 Å². The van der Waals surface area contributed by atoms with Crippen molar-refractivity contribution in [3.05, 3.63) is 21.9 Å². The highest BCUT2D eigenvalue weighted by atomic mass is 32.1. The van der Waals surface area contributed by atoms with Crippen LogP contribution in [0.15, 0.2) is 12.1 Å². The van der Waals surface area contributed by atoms with E-state index in [1.54, 1.807) is 11.3 Å². The Morgan fingerprint density at radius 1 is 1.37 bits per heavy atom. The molecule has 2 rings (SSSR count). The SMILES string of the molecule is CC1CCC(NCc2ccc(CC(=O)O)s2)C(C)C1. The van der Waals surface area contributed by atoms with E-state index in [0.29, 0.717) is 6.04 Å². The lowest BCUT2D eigenvalue weighted by Crippen LogP contribution is -2.38. The second-order valence-electron chi connectivity index (χ2n) is 5.82. The summed E-state index contributed by atoms with van der Waals surface area (Å²) in [4.78, 5) is 12.8. The predicted octanol–water partition coefficient (Wildman–Crippen LogP) is 3.29. The van der Waals surface area contributed by atoms with Gasteiger partial charge in [-0.1, -0.05) is 13.8 Å². The van der Waals surface area contributed by atoms with Gasteiger partial charge in [0.2, 0.25) is 0 Å². The van der Waals surface area contributed by atoms with Crippen LogP contribution < -0.4 is 5.32 Å². The first-order chi connectivity index (χ1) is 9.04. The summed E-state index contributed by atoms with van der Waals surface area (Å²) in [7, 11) is 0. The predicted molar refractivity (Wildman–Crippen MR) is 78.5 cm³/mol. The summed E-state index contributed by atoms with van der Waals surface area (Å²) in [5, 5.41) is 12.4. The molecule has 3 unspecified atom stereocenters. The van der Waals surface area contributed by atoms with Crippen molar-refractivity contribution in [2.24, 2.45) is 11.8 Å². The molecule has 106 valence electrons. The van der Waals surface area contributed by atoms with Crippen LogP contribution in [0.5, 0.6) is 0 Å². The summed E-state index contributed by atoms with van der Waals surface area (Å²) in [5.74, 6) is 0.843. The molecule has 0 amide bonds. The van der Waals surface area contributed by atoms with Crippen molar-refractivity contribution in [3.63, 3.8) is 0 Å². The third-order valence-corrected chi connectivity index (χ3v) is 5.10. The van der Waals surface area contributed by atoms with E-state index in [1.807, 2.05) is 12.1 Å². The maximum Gasteiger partial charge on any atom is 0.308 e. The molecule has 1 fully saturated rings. The Morgan fingerprint density at radius 2 is 2.11 bits per heavy atom. The quantitative estimate of drug-likeness (QED) is 0.870. The Morgan fingerprint density at radius 3 is 2.79 bits per heavy atom. The van der Waals surface area contributed by atoms with Crippen LogP contribution in [0, 0.1) is 11.8 Å². The number of carbonyl (C=O) groups is 1. The molecule has 0 aliphatic heterocycles. The second-order valence-corrected chi connectivity index (χ2v) is 7.07. The lowest BCUT2D eigenvalue weighted by molar-refractivity contribution is -0.136. The van der Waals surface area contributed by atoms with Crippen molar-refractivity contribution in [1.29, 1.82) is 0 Å². The van der Waals surface area contributed by atoms with Crippen LogP contribution in [0.4, 0.5) is 0 Å². The van der Waals surface area contributed by atoms with E-state index in [1.165, 1.54) is 24.1 Å². The molecule has 3 nitrogen and oxygen atoms in total. The van der Waals surface area contributed by atoms with Crippen LogP contribution in [0.25, 0.3) is 0 Å². The number of hydrogen-bond acceptors (Lipinski definition) is 3. The first-order valence-electron chi connectivity index (χ1n) is 7.07. The molecule has 0 spiro atoms. The standard InChI is InChI=1S/C15H23NO2S/c1-10-3-6-14(11(2)7-10)16-9-13-5-4-12(19-13)8-15(17)18/h4-5,10-11,14,16H,3,6-9H2,1-2H3,(H,17,18). The molecule has 0 aromatic carbocycles. The van der Waals surface area contributed by atoms with Gasteiger partial charge in [0, 0.05) is 22.3 Å². The van der Waals surface area contributed by atoms with Gasteiger partial charge in [-0.05, 0) is 43.2 Å². The van der Waals surface area contributed by atoms with Gasteiger partial charge in [-0.15, -0.1) is 11.3 Å². The minimum Gasteiger partial charge on any atom is -0.481 e.